The predicted octanol–water partition coefficient (Wildman–Crippen LogP) is 4.44. The van der Waals surface area contributed by atoms with Crippen molar-refractivity contribution in [3.05, 3.63) is 66.1 Å². The molecule has 9 heteroatoms. The van der Waals surface area contributed by atoms with Crippen LogP contribution in [0.2, 0.25) is 0 Å². The Hall–Kier alpha value is -3.98. The number of fused-ring (bicyclic) bond motifs is 1. The highest BCUT2D eigenvalue weighted by molar-refractivity contribution is 5.96. The van der Waals surface area contributed by atoms with Gasteiger partial charge in [-0.2, -0.15) is 14.6 Å². The molecular weight excluding hydrogens is 466 g/mol. The first-order chi connectivity index (χ1) is 18.1. The van der Waals surface area contributed by atoms with Gasteiger partial charge in [0, 0.05) is 42.7 Å². The normalized spacial score (nSPS) is 14.0. The van der Waals surface area contributed by atoms with Crippen molar-refractivity contribution in [2.75, 3.05) is 31.5 Å². The van der Waals surface area contributed by atoms with E-state index in [1.54, 1.807) is 24.5 Å². The van der Waals surface area contributed by atoms with Gasteiger partial charge < -0.3 is 20.7 Å². The maximum absolute atomic E-state index is 12.5. The fraction of sp³-hybridized carbons (Fsp3) is 0.357. The minimum absolute atomic E-state index is 0.0543. The number of hydrogen-bond donors (Lipinski definition) is 3. The molecule has 1 fully saturated rings. The van der Waals surface area contributed by atoms with Crippen LogP contribution in [-0.4, -0.2) is 51.7 Å². The second kappa shape index (κ2) is 11.4. The van der Waals surface area contributed by atoms with Crippen molar-refractivity contribution in [1.29, 1.82) is 0 Å². The third-order valence-corrected chi connectivity index (χ3v) is 6.67. The first-order valence-electron chi connectivity index (χ1n) is 12.9. The molecule has 0 atom stereocenters. The molecule has 192 valence electrons. The molecule has 1 aliphatic rings. The summed E-state index contributed by atoms with van der Waals surface area (Å²) in [5.41, 5.74) is 4.07. The van der Waals surface area contributed by atoms with Crippen LogP contribution in [0.25, 0.3) is 16.8 Å². The lowest BCUT2D eigenvalue weighted by Crippen LogP contribution is -2.31. The van der Waals surface area contributed by atoms with Crippen LogP contribution in [-0.2, 0) is 0 Å². The van der Waals surface area contributed by atoms with Gasteiger partial charge in [-0.25, -0.2) is 0 Å². The van der Waals surface area contributed by atoms with E-state index in [0.29, 0.717) is 35.3 Å². The molecule has 5 rings (SSSR count). The minimum Gasteiger partial charge on any atom is -0.439 e. The summed E-state index contributed by atoms with van der Waals surface area (Å²) in [7, 11) is 0. The number of rotatable bonds is 9. The van der Waals surface area contributed by atoms with E-state index in [1.165, 1.54) is 0 Å². The summed E-state index contributed by atoms with van der Waals surface area (Å²) < 4.78 is 7.92. The number of nitrogens with zero attached hydrogens (tertiary/aromatic N) is 4. The molecule has 0 spiro atoms. The quantitative estimate of drug-likeness (QED) is 0.313. The number of anilines is 1. The Balaban J connectivity index is 1.49. The van der Waals surface area contributed by atoms with Crippen LogP contribution in [0.15, 0.2) is 55.0 Å². The van der Waals surface area contributed by atoms with Gasteiger partial charge in [0.2, 0.25) is 5.88 Å². The summed E-state index contributed by atoms with van der Waals surface area (Å²) in [6.07, 6.45) is 8.38. The second-order valence-corrected chi connectivity index (χ2v) is 9.42. The van der Waals surface area contributed by atoms with Crippen molar-refractivity contribution >= 4 is 17.4 Å². The fourth-order valence-electron chi connectivity index (χ4n) is 4.60. The van der Waals surface area contributed by atoms with Gasteiger partial charge >= 0.3 is 0 Å². The van der Waals surface area contributed by atoms with Crippen molar-refractivity contribution in [1.82, 2.24) is 30.2 Å². The summed E-state index contributed by atoms with van der Waals surface area (Å²) in [4.78, 5) is 21.4. The highest BCUT2D eigenvalue weighted by atomic mass is 16.5. The first-order valence-corrected chi connectivity index (χ1v) is 12.9. The molecule has 1 aliphatic heterocycles. The third kappa shape index (κ3) is 5.72. The van der Waals surface area contributed by atoms with Gasteiger partial charge in [-0.1, -0.05) is 19.1 Å². The van der Waals surface area contributed by atoms with Crippen LogP contribution in [0.5, 0.6) is 11.6 Å². The molecule has 1 amide bonds. The SMILES string of the molecule is CCCNC(=O)c1ccc(-c2cnn3c(NCC4CCNCC4)cc(Oc4ccncc4)nc23)cc1C. The summed E-state index contributed by atoms with van der Waals surface area (Å²) in [5, 5.41) is 14.6. The third-order valence-electron chi connectivity index (χ3n) is 6.67. The van der Waals surface area contributed by atoms with E-state index < -0.39 is 0 Å². The van der Waals surface area contributed by atoms with Crippen LogP contribution in [0, 0.1) is 12.8 Å². The van der Waals surface area contributed by atoms with Gasteiger partial charge in [-0.3, -0.25) is 9.78 Å². The zero-order valence-electron chi connectivity index (χ0n) is 21.3. The average molecular weight is 500 g/mol. The maximum Gasteiger partial charge on any atom is 0.251 e. The number of carbonyl (C=O) groups is 1. The number of hydrogen-bond acceptors (Lipinski definition) is 7. The Morgan fingerprint density at radius 1 is 1.16 bits per heavy atom. The largest absolute Gasteiger partial charge is 0.439 e. The average Bonchev–Trinajstić information content (AvgIpc) is 3.35. The van der Waals surface area contributed by atoms with Crippen LogP contribution < -0.4 is 20.7 Å². The van der Waals surface area contributed by atoms with Gasteiger partial charge in [-0.05, 0) is 74.5 Å². The Morgan fingerprint density at radius 3 is 2.73 bits per heavy atom. The zero-order chi connectivity index (χ0) is 25.6. The van der Waals surface area contributed by atoms with Gasteiger partial charge in [0.1, 0.15) is 11.6 Å². The standard InChI is InChI=1S/C28H33N7O2/c1-3-10-31-28(36)23-5-4-21(15-19(23)2)24-18-33-35-25(32-17-20-6-11-29-12-7-20)16-26(34-27(24)35)37-22-8-13-30-14-9-22/h4-5,8-9,13-16,18,20,29,32H,3,6-7,10-12,17H2,1-2H3,(H,31,36). The lowest BCUT2D eigenvalue weighted by molar-refractivity contribution is 0.0953. The molecule has 3 aromatic heterocycles. The molecule has 1 aromatic carbocycles. The number of benzene rings is 1. The van der Waals surface area contributed by atoms with Gasteiger partial charge in [-0.15, -0.1) is 0 Å². The molecule has 0 bridgehead atoms. The fourth-order valence-corrected chi connectivity index (χ4v) is 4.60. The summed E-state index contributed by atoms with van der Waals surface area (Å²) in [6, 6.07) is 11.3. The molecule has 0 radical (unpaired) electrons. The molecule has 4 heterocycles. The Morgan fingerprint density at radius 2 is 1.97 bits per heavy atom. The number of ether oxygens (including phenoxy) is 1. The van der Waals surface area contributed by atoms with E-state index in [1.807, 2.05) is 48.8 Å². The van der Waals surface area contributed by atoms with Crippen molar-refractivity contribution in [3.8, 4) is 22.8 Å². The van der Waals surface area contributed by atoms with Crippen molar-refractivity contribution in [2.24, 2.45) is 5.92 Å². The molecule has 3 N–H and O–H groups in total. The van der Waals surface area contributed by atoms with E-state index >= 15 is 0 Å². The summed E-state index contributed by atoms with van der Waals surface area (Å²) >= 11 is 0. The summed E-state index contributed by atoms with van der Waals surface area (Å²) in [6.45, 7) is 7.60. The lowest BCUT2D eigenvalue weighted by Gasteiger charge is -2.23. The van der Waals surface area contributed by atoms with E-state index in [0.717, 1.165) is 61.4 Å². The smallest absolute Gasteiger partial charge is 0.251 e. The number of nitrogens with one attached hydrogen (secondary N) is 3. The van der Waals surface area contributed by atoms with E-state index in [2.05, 4.69) is 26.0 Å². The molecule has 0 saturated carbocycles. The number of amides is 1. The second-order valence-electron chi connectivity index (χ2n) is 9.42. The number of aryl methyl sites for hydroxylation is 1. The van der Waals surface area contributed by atoms with Crippen LogP contribution in [0.4, 0.5) is 5.82 Å². The van der Waals surface area contributed by atoms with Crippen molar-refractivity contribution in [2.45, 2.75) is 33.1 Å². The Bertz CT molecular complexity index is 1360. The van der Waals surface area contributed by atoms with Crippen LogP contribution >= 0.6 is 0 Å². The van der Waals surface area contributed by atoms with Gasteiger partial charge in [0.05, 0.1) is 6.20 Å². The van der Waals surface area contributed by atoms with E-state index in [4.69, 9.17) is 9.72 Å². The number of carbonyl (C=O) groups excluding carboxylic acids is 1. The van der Waals surface area contributed by atoms with Gasteiger partial charge in [0.25, 0.3) is 5.91 Å². The summed E-state index contributed by atoms with van der Waals surface area (Å²) in [5.74, 6) is 2.50. The number of pyridine rings is 1. The Kier molecular flexibility index (Phi) is 7.60. The molecule has 4 aromatic rings. The first kappa shape index (κ1) is 24.7. The molecule has 0 unspecified atom stereocenters. The van der Waals surface area contributed by atoms with Crippen molar-refractivity contribution in [3.63, 3.8) is 0 Å². The van der Waals surface area contributed by atoms with E-state index in [-0.39, 0.29) is 5.91 Å². The number of aromatic nitrogens is 4. The van der Waals surface area contributed by atoms with Crippen molar-refractivity contribution < 1.29 is 9.53 Å². The lowest BCUT2D eigenvalue weighted by atomic mass is 9.98. The minimum atomic E-state index is -0.0543. The zero-order valence-corrected chi connectivity index (χ0v) is 21.3. The highest BCUT2D eigenvalue weighted by Crippen LogP contribution is 2.31. The topological polar surface area (TPSA) is 105 Å². The molecule has 9 nitrogen and oxygen atoms in total. The van der Waals surface area contributed by atoms with Crippen LogP contribution in [0.3, 0.4) is 0 Å². The molecule has 37 heavy (non-hydrogen) atoms. The van der Waals surface area contributed by atoms with Crippen LogP contribution in [0.1, 0.15) is 42.1 Å². The van der Waals surface area contributed by atoms with E-state index in [9.17, 15) is 4.79 Å². The highest BCUT2D eigenvalue weighted by Gasteiger charge is 2.18. The molecular formula is C28H33N7O2. The molecule has 0 aliphatic carbocycles. The van der Waals surface area contributed by atoms with Gasteiger partial charge in [0.15, 0.2) is 5.65 Å². The predicted molar refractivity (Wildman–Crippen MR) is 144 cm³/mol. The molecule has 1 saturated heterocycles. The maximum atomic E-state index is 12.5. The monoisotopic (exact) mass is 499 g/mol. The number of piperidine rings is 1. The Labute approximate surface area is 216 Å².